The summed E-state index contributed by atoms with van der Waals surface area (Å²) in [5, 5.41) is 2.55. The first-order valence-corrected chi connectivity index (χ1v) is 7.08. The number of nitrogens with one attached hydrogen (secondary N) is 1. The van der Waals surface area contributed by atoms with Crippen molar-refractivity contribution in [3.8, 4) is 17.2 Å². The Balaban J connectivity index is 2.15. The number of benzene rings is 1. The average molecular weight is 324 g/mol. The van der Waals surface area contributed by atoms with E-state index in [0.717, 1.165) is 0 Å². The van der Waals surface area contributed by atoms with Gasteiger partial charge in [-0.1, -0.05) is 0 Å². The highest BCUT2D eigenvalue weighted by molar-refractivity contribution is 6.39. The first kappa shape index (κ1) is 16.9. The van der Waals surface area contributed by atoms with Crippen molar-refractivity contribution in [2.24, 2.45) is 0 Å². The van der Waals surface area contributed by atoms with Crippen LogP contribution in [0.3, 0.4) is 0 Å². The van der Waals surface area contributed by atoms with E-state index in [0.29, 0.717) is 49.2 Å². The van der Waals surface area contributed by atoms with Crippen LogP contribution >= 0.6 is 0 Å². The number of ether oxygens (including phenoxy) is 4. The van der Waals surface area contributed by atoms with Crippen molar-refractivity contribution in [2.75, 3.05) is 52.9 Å². The first-order chi connectivity index (χ1) is 11.1. The number of amides is 2. The largest absolute Gasteiger partial charge is 0.493 e. The van der Waals surface area contributed by atoms with Crippen LogP contribution in [0.25, 0.3) is 0 Å². The first-order valence-electron chi connectivity index (χ1n) is 7.08. The van der Waals surface area contributed by atoms with Gasteiger partial charge in [-0.15, -0.1) is 0 Å². The van der Waals surface area contributed by atoms with E-state index in [2.05, 4.69) is 5.32 Å². The van der Waals surface area contributed by atoms with Gasteiger partial charge in [0.15, 0.2) is 11.5 Å². The van der Waals surface area contributed by atoms with Crippen molar-refractivity contribution in [3.05, 3.63) is 12.1 Å². The summed E-state index contributed by atoms with van der Waals surface area (Å²) in [5.74, 6) is -0.127. The van der Waals surface area contributed by atoms with Gasteiger partial charge in [-0.25, -0.2) is 0 Å². The zero-order chi connectivity index (χ0) is 16.8. The Morgan fingerprint density at radius 3 is 2.09 bits per heavy atom. The van der Waals surface area contributed by atoms with Crippen LogP contribution in [0, 0.1) is 0 Å². The summed E-state index contributed by atoms with van der Waals surface area (Å²) in [7, 11) is 4.43. The Labute approximate surface area is 134 Å². The van der Waals surface area contributed by atoms with E-state index in [4.69, 9.17) is 18.9 Å². The van der Waals surface area contributed by atoms with Crippen LogP contribution in [0.2, 0.25) is 0 Å². The highest BCUT2D eigenvalue weighted by atomic mass is 16.5. The molecule has 0 saturated carbocycles. The normalized spacial score (nSPS) is 14.1. The van der Waals surface area contributed by atoms with Crippen LogP contribution in [-0.4, -0.2) is 64.3 Å². The van der Waals surface area contributed by atoms with Crippen LogP contribution in [0.1, 0.15) is 0 Å². The van der Waals surface area contributed by atoms with Gasteiger partial charge in [-0.3, -0.25) is 9.59 Å². The van der Waals surface area contributed by atoms with Gasteiger partial charge in [-0.05, 0) is 0 Å². The SMILES string of the molecule is COc1cc(NC(=O)C(=O)N2CCOCC2)cc(OC)c1OC. The zero-order valence-electron chi connectivity index (χ0n) is 13.4. The fourth-order valence-corrected chi connectivity index (χ4v) is 2.25. The van der Waals surface area contributed by atoms with Gasteiger partial charge in [0.25, 0.3) is 0 Å². The fourth-order valence-electron chi connectivity index (χ4n) is 2.25. The summed E-state index contributed by atoms with van der Waals surface area (Å²) in [6, 6.07) is 3.12. The van der Waals surface area contributed by atoms with Crippen molar-refractivity contribution in [1.29, 1.82) is 0 Å². The summed E-state index contributed by atoms with van der Waals surface area (Å²) in [6.07, 6.45) is 0. The van der Waals surface area contributed by atoms with E-state index < -0.39 is 11.8 Å². The number of anilines is 1. The van der Waals surface area contributed by atoms with Crippen LogP contribution in [0.4, 0.5) is 5.69 Å². The Morgan fingerprint density at radius 1 is 1.04 bits per heavy atom. The van der Waals surface area contributed by atoms with E-state index in [9.17, 15) is 9.59 Å². The monoisotopic (exact) mass is 324 g/mol. The van der Waals surface area contributed by atoms with Crippen molar-refractivity contribution >= 4 is 17.5 Å². The van der Waals surface area contributed by atoms with Gasteiger partial charge in [0.1, 0.15) is 0 Å². The predicted molar refractivity (Wildman–Crippen MR) is 82.1 cm³/mol. The number of methoxy groups -OCH3 is 3. The van der Waals surface area contributed by atoms with Gasteiger partial charge in [-0.2, -0.15) is 0 Å². The molecule has 8 heteroatoms. The lowest BCUT2D eigenvalue weighted by Gasteiger charge is -2.26. The summed E-state index contributed by atoms with van der Waals surface area (Å²) in [4.78, 5) is 25.7. The maximum atomic E-state index is 12.1. The molecule has 0 spiro atoms. The number of morpholine rings is 1. The molecule has 23 heavy (non-hydrogen) atoms. The molecule has 1 fully saturated rings. The van der Waals surface area contributed by atoms with E-state index in [1.54, 1.807) is 12.1 Å². The van der Waals surface area contributed by atoms with Crippen molar-refractivity contribution < 1.29 is 28.5 Å². The smallest absolute Gasteiger partial charge is 0.313 e. The van der Waals surface area contributed by atoms with Gasteiger partial charge in [0.05, 0.1) is 34.5 Å². The molecule has 0 radical (unpaired) electrons. The molecule has 1 saturated heterocycles. The highest BCUT2D eigenvalue weighted by Crippen LogP contribution is 2.39. The molecule has 0 aliphatic carbocycles. The summed E-state index contributed by atoms with van der Waals surface area (Å²) in [5.41, 5.74) is 0.381. The summed E-state index contributed by atoms with van der Waals surface area (Å²) < 4.78 is 20.8. The lowest BCUT2D eigenvalue weighted by molar-refractivity contribution is -0.145. The second kappa shape index (κ2) is 7.68. The molecule has 1 N–H and O–H groups in total. The lowest BCUT2D eigenvalue weighted by Crippen LogP contribution is -2.45. The molecular formula is C15H20N2O6. The number of rotatable bonds is 4. The second-order valence-corrected chi connectivity index (χ2v) is 4.77. The Morgan fingerprint density at radius 2 is 1.61 bits per heavy atom. The number of hydrogen-bond acceptors (Lipinski definition) is 6. The average Bonchev–Trinajstić information content (AvgIpc) is 2.60. The Bertz CT molecular complexity index is 558. The maximum absolute atomic E-state index is 12.1. The number of carbonyl (C=O) groups excluding carboxylic acids is 2. The molecule has 1 aromatic carbocycles. The molecular weight excluding hydrogens is 304 g/mol. The standard InChI is InChI=1S/C15H20N2O6/c1-20-11-8-10(9-12(21-2)13(11)22-3)16-14(18)15(19)17-4-6-23-7-5-17/h8-9H,4-7H2,1-3H3,(H,16,18). The number of carbonyl (C=O) groups is 2. The number of hydrogen-bond donors (Lipinski definition) is 1. The van der Waals surface area contributed by atoms with Crippen molar-refractivity contribution in [3.63, 3.8) is 0 Å². The molecule has 0 bridgehead atoms. The molecule has 2 rings (SSSR count). The van der Waals surface area contributed by atoms with Gasteiger partial charge >= 0.3 is 11.8 Å². The van der Waals surface area contributed by atoms with Gasteiger partial charge in [0, 0.05) is 30.9 Å². The molecule has 1 aliphatic rings. The van der Waals surface area contributed by atoms with Crippen LogP contribution in [-0.2, 0) is 14.3 Å². The fraction of sp³-hybridized carbons (Fsp3) is 0.467. The van der Waals surface area contributed by atoms with Gasteiger partial charge < -0.3 is 29.2 Å². The quantitative estimate of drug-likeness (QED) is 0.812. The minimum atomic E-state index is -0.721. The zero-order valence-corrected chi connectivity index (χ0v) is 13.4. The van der Waals surface area contributed by atoms with Gasteiger partial charge in [0.2, 0.25) is 5.75 Å². The molecule has 126 valence electrons. The summed E-state index contributed by atoms with van der Waals surface area (Å²) in [6.45, 7) is 1.68. The van der Waals surface area contributed by atoms with E-state index in [1.165, 1.54) is 26.2 Å². The second-order valence-electron chi connectivity index (χ2n) is 4.77. The minimum absolute atomic E-state index is 0.381. The lowest BCUT2D eigenvalue weighted by atomic mass is 10.2. The number of nitrogens with zero attached hydrogens (tertiary/aromatic N) is 1. The van der Waals surface area contributed by atoms with E-state index >= 15 is 0 Å². The maximum Gasteiger partial charge on any atom is 0.313 e. The van der Waals surface area contributed by atoms with Crippen molar-refractivity contribution in [1.82, 2.24) is 4.90 Å². The molecule has 8 nitrogen and oxygen atoms in total. The predicted octanol–water partition coefficient (Wildman–Crippen LogP) is 0.510. The third-order valence-electron chi connectivity index (χ3n) is 3.42. The van der Waals surface area contributed by atoms with Crippen molar-refractivity contribution in [2.45, 2.75) is 0 Å². The Hall–Kier alpha value is -2.48. The molecule has 1 aliphatic heterocycles. The molecule has 2 amide bonds. The minimum Gasteiger partial charge on any atom is -0.493 e. The van der Waals surface area contributed by atoms with Crippen LogP contribution < -0.4 is 19.5 Å². The highest BCUT2D eigenvalue weighted by Gasteiger charge is 2.24. The van der Waals surface area contributed by atoms with E-state index in [-0.39, 0.29) is 0 Å². The molecule has 1 aromatic rings. The Kier molecular flexibility index (Phi) is 5.64. The molecule has 0 atom stereocenters. The third kappa shape index (κ3) is 3.84. The molecule has 0 unspecified atom stereocenters. The molecule has 1 heterocycles. The van der Waals surface area contributed by atoms with Crippen LogP contribution in [0.15, 0.2) is 12.1 Å². The third-order valence-corrected chi connectivity index (χ3v) is 3.42. The molecule has 0 aromatic heterocycles. The van der Waals surface area contributed by atoms with E-state index in [1.807, 2.05) is 0 Å². The van der Waals surface area contributed by atoms with Crippen LogP contribution in [0.5, 0.6) is 17.2 Å². The topological polar surface area (TPSA) is 86.3 Å². The summed E-state index contributed by atoms with van der Waals surface area (Å²) >= 11 is 0.